The van der Waals surface area contributed by atoms with E-state index in [1.807, 2.05) is 4.68 Å². The number of rotatable bonds is 5. The minimum Gasteiger partial charge on any atom is -0.298 e. The van der Waals surface area contributed by atoms with Crippen LogP contribution in [0.15, 0.2) is 6.33 Å². The molecule has 1 aromatic heterocycles. The maximum Gasteiger partial charge on any atom is 0.156 e. The number of thioether (sulfide) groups is 1. The van der Waals surface area contributed by atoms with Crippen LogP contribution in [-0.4, -0.2) is 31.0 Å². The lowest BCUT2D eigenvalue weighted by Gasteiger charge is -2.20. The number of ketones is 1. The Bertz CT molecular complexity index is 396. The molecule has 0 saturated carbocycles. The van der Waals surface area contributed by atoms with Crippen molar-refractivity contribution in [3.05, 3.63) is 12.2 Å². The second-order valence-electron chi connectivity index (χ2n) is 4.68. The molecule has 0 amide bonds. The van der Waals surface area contributed by atoms with Crippen molar-refractivity contribution >= 4 is 17.5 Å². The molecule has 0 aromatic carbocycles. The third-order valence-electron chi connectivity index (χ3n) is 3.26. The summed E-state index contributed by atoms with van der Waals surface area (Å²) in [5, 5.41) is 4.15. The molecule has 4 nitrogen and oxygen atoms in total. The van der Waals surface area contributed by atoms with Crippen molar-refractivity contribution in [1.82, 2.24) is 14.8 Å². The second-order valence-corrected chi connectivity index (χ2v) is 6.28. The molecule has 17 heavy (non-hydrogen) atoms. The Hall–Kier alpha value is -0.840. The molecule has 0 radical (unpaired) electrons. The second kappa shape index (κ2) is 5.21. The Morgan fingerprint density at radius 2 is 2.47 bits per heavy atom. The third-order valence-corrected chi connectivity index (χ3v) is 4.82. The van der Waals surface area contributed by atoms with Gasteiger partial charge in [0.05, 0.1) is 11.2 Å². The Balaban J connectivity index is 2.04. The molecule has 0 N–H and O–H groups in total. The SMILES string of the molecule is CCCn1ncnc1CC(=O)C1(C)CCCS1. The van der Waals surface area contributed by atoms with Gasteiger partial charge in [-0.3, -0.25) is 4.79 Å². The fraction of sp³-hybridized carbons (Fsp3) is 0.750. The van der Waals surface area contributed by atoms with Gasteiger partial charge in [0.15, 0.2) is 5.78 Å². The number of nitrogens with zero attached hydrogens (tertiary/aromatic N) is 3. The van der Waals surface area contributed by atoms with Gasteiger partial charge in [0.2, 0.25) is 0 Å². The third kappa shape index (κ3) is 2.70. The number of carbonyl (C=O) groups is 1. The van der Waals surface area contributed by atoms with Gasteiger partial charge in [-0.1, -0.05) is 6.92 Å². The van der Waals surface area contributed by atoms with Crippen molar-refractivity contribution in [3.63, 3.8) is 0 Å². The molecule has 1 aromatic rings. The van der Waals surface area contributed by atoms with Crippen LogP contribution in [0.2, 0.25) is 0 Å². The zero-order valence-electron chi connectivity index (χ0n) is 10.5. The molecule has 94 valence electrons. The van der Waals surface area contributed by atoms with Gasteiger partial charge in [0.1, 0.15) is 12.2 Å². The summed E-state index contributed by atoms with van der Waals surface area (Å²) >= 11 is 1.79. The zero-order valence-corrected chi connectivity index (χ0v) is 11.3. The van der Waals surface area contributed by atoms with Crippen molar-refractivity contribution < 1.29 is 4.79 Å². The van der Waals surface area contributed by atoms with E-state index in [1.54, 1.807) is 18.1 Å². The van der Waals surface area contributed by atoms with Crippen molar-refractivity contribution in [3.8, 4) is 0 Å². The minimum atomic E-state index is -0.191. The predicted octanol–water partition coefficient (Wildman–Crippen LogP) is 2.09. The molecule has 1 aliphatic rings. The largest absolute Gasteiger partial charge is 0.298 e. The summed E-state index contributed by atoms with van der Waals surface area (Å²) in [5.41, 5.74) is 0. The highest BCUT2D eigenvalue weighted by Gasteiger charge is 2.37. The average molecular weight is 253 g/mol. The molecule has 1 saturated heterocycles. The van der Waals surface area contributed by atoms with Crippen LogP contribution in [0.1, 0.15) is 38.9 Å². The van der Waals surface area contributed by atoms with Crippen molar-refractivity contribution in [1.29, 1.82) is 0 Å². The maximum absolute atomic E-state index is 12.3. The van der Waals surface area contributed by atoms with Gasteiger partial charge in [-0.15, -0.1) is 11.8 Å². The fourth-order valence-electron chi connectivity index (χ4n) is 2.15. The molecule has 5 heteroatoms. The highest BCUT2D eigenvalue weighted by atomic mass is 32.2. The van der Waals surface area contributed by atoms with Gasteiger partial charge in [0, 0.05) is 6.54 Å². The Kier molecular flexibility index (Phi) is 3.86. The summed E-state index contributed by atoms with van der Waals surface area (Å²) in [6, 6.07) is 0. The van der Waals surface area contributed by atoms with Crippen LogP contribution >= 0.6 is 11.8 Å². The van der Waals surface area contributed by atoms with Crippen molar-refractivity contribution in [2.75, 3.05) is 5.75 Å². The lowest BCUT2D eigenvalue weighted by molar-refractivity contribution is -0.120. The van der Waals surface area contributed by atoms with Crippen LogP contribution in [-0.2, 0) is 17.8 Å². The number of Topliss-reactive ketones (excluding diaryl/α,β-unsaturated/α-hetero) is 1. The minimum absolute atomic E-state index is 0.191. The van der Waals surface area contributed by atoms with Crippen LogP contribution in [0.3, 0.4) is 0 Å². The van der Waals surface area contributed by atoms with E-state index < -0.39 is 0 Å². The normalized spacial score (nSPS) is 24.1. The maximum atomic E-state index is 12.3. The van der Waals surface area contributed by atoms with Crippen LogP contribution in [0.4, 0.5) is 0 Å². The Labute approximate surface area is 106 Å². The summed E-state index contributed by atoms with van der Waals surface area (Å²) in [7, 11) is 0. The van der Waals surface area contributed by atoms with Crippen LogP contribution in [0.5, 0.6) is 0 Å². The standard InChI is InChI=1S/C12H19N3OS/c1-3-6-15-11(13-9-14-15)8-10(16)12(2)5-4-7-17-12/h9H,3-8H2,1-2H3. The average Bonchev–Trinajstić information content (AvgIpc) is 2.90. The molecule has 1 atom stereocenters. The van der Waals surface area contributed by atoms with Gasteiger partial charge in [-0.05, 0) is 31.9 Å². The van der Waals surface area contributed by atoms with Crippen molar-refractivity contribution in [2.24, 2.45) is 0 Å². The molecule has 1 unspecified atom stereocenters. The number of hydrogen-bond acceptors (Lipinski definition) is 4. The van der Waals surface area contributed by atoms with Crippen LogP contribution < -0.4 is 0 Å². The molecule has 1 aliphatic heterocycles. The fourth-order valence-corrected chi connectivity index (χ4v) is 3.41. The zero-order chi connectivity index (χ0) is 12.3. The topological polar surface area (TPSA) is 47.8 Å². The molecule has 2 rings (SSSR count). The lowest BCUT2D eigenvalue weighted by Crippen LogP contribution is -2.31. The quantitative estimate of drug-likeness (QED) is 0.806. The molecule has 0 aliphatic carbocycles. The van der Waals surface area contributed by atoms with Crippen LogP contribution in [0.25, 0.3) is 0 Å². The van der Waals surface area contributed by atoms with Crippen LogP contribution in [0, 0.1) is 0 Å². The summed E-state index contributed by atoms with van der Waals surface area (Å²) < 4.78 is 1.66. The van der Waals surface area contributed by atoms with E-state index in [0.717, 1.165) is 37.4 Å². The van der Waals surface area contributed by atoms with E-state index in [9.17, 15) is 4.79 Å². The van der Waals surface area contributed by atoms with E-state index in [1.165, 1.54) is 0 Å². The first-order chi connectivity index (χ1) is 8.15. The van der Waals surface area contributed by atoms with E-state index in [-0.39, 0.29) is 4.75 Å². The van der Waals surface area contributed by atoms with Gasteiger partial charge >= 0.3 is 0 Å². The van der Waals surface area contributed by atoms with E-state index in [0.29, 0.717) is 12.2 Å². The molecule has 1 fully saturated rings. The van der Waals surface area contributed by atoms with Gasteiger partial charge in [-0.25, -0.2) is 9.67 Å². The predicted molar refractivity (Wildman–Crippen MR) is 69.1 cm³/mol. The highest BCUT2D eigenvalue weighted by molar-refractivity contribution is 8.01. The number of hydrogen-bond donors (Lipinski definition) is 0. The molecular weight excluding hydrogens is 234 g/mol. The highest BCUT2D eigenvalue weighted by Crippen LogP contribution is 2.38. The number of carbonyl (C=O) groups excluding carboxylic acids is 1. The first-order valence-electron chi connectivity index (χ1n) is 6.19. The van der Waals surface area contributed by atoms with E-state index >= 15 is 0 Å². The summed E-state index contributed by atoms with van der Waals surface area (Å²) in [6.07, 6.45) is 5.12. The lowest BCUT2D eigenvalue weighted by atomic mass is 9.98. The smallest absolute Gasteiger partial charge is 0.156 e. The first kappa shape index (κ1) is 12.6. The molecule has 0 bridgehead atoms. The number of aryl methyl sites for hydroxylation is 1. The molecule has 2 heterocycles. The van der Waals surface area contributed by atoms with Gasteiger partial charge in [-0.2, -0.15) is 5.10 Å². The van der Waals surface area contributed by atoms with E-state index in [2.05, 4.69) is 23.9 Å². The Morgan fingerprint density at radius 3 is 3.12 bits per heavy atom. The van der Waals surface area contributed by atoms with Gasteiger partial charge in [0.25, 0.3) is 0 Å². The van der Waals surface area contributed by atoms with Gasteiger partial charge < -0.3 is 0 Å². The monoisotopic (exact) mass is 253 g/mol. The summed E-state index contributed by atoms with van der Waals surface area (Å²) in [5.74, 6) is 2.21. The van der Waals surface area contributed by atoms with Crippen molar-refractivity contribution in [2.45, 2.75) is 50.8 Å². The summed E-state index contributed by atoms with van der Waals surface area (Å²) in [4.78, 5) is 16.5. The molecule has 0 spiro atoms. The number of aromatic nitrogens is 3. The first-order valence-corrected chi connectivity index (χ1v) is 7.18. The Morgan fingerprint density at radius 1 is 1.65 bits per heavy atom. The van der Waals surface area contributed by atoms with E-state index in [4.69, 9.17) is 0 Å². The summed E-state index contributed by atoms with van der Waals surface area (Å²) in [6.45, 7) is 5.00. The molecular formula is C12H19N3OS.